The number of rotatable bonds is 3. The zero-order chi connectivity index (χ0) is 9.31. The van der Waals surface area contributed by atoms with E-state index in [1.807, 2.05) is 6.92 Å². The van der Waals surface area contributed by atoms with Crippen molar-refractivity contribution in [1.29, 1.82) is 0 Å². The molecule has 0 aliphatic carbocycles. The summed E-state index contributed by atoms with van der Waals surface area (Å²) in [6.45, 7) is 4.63. The molecule has 13 heavy (non-hydrogen) atoms. The number of thiophene rings is 1. The van der Waals surface area contributed by atoms with Crippen molar-refractivity contribution in [3.63, 3.8) is 0 Å². The molecule has 2 heterocycles. The Hall–Kier alpha value is -0.380. The molecule has 2 rings (SSSR count). The van der Waals surface area contributed by atoms with Gasteiger partial charge in [-0.25, -0.2) is 0 Å². The van der Waals surface area contributed by atoms with Gasteiger partial charge in [-0.15, -0.1) is 0 Å². The van der Waals surface area contributed by atoms with Crippen molar-refractivity contribution < 1.29 is 5.11 Å². The number of hydrogen-bond acceptors (Lipinski definition) is 3. The summed E-state index contributed by atoms with van der Waals surface area (Å²) >= 11 is 1.75. The molecule has 0 unspecified atom stereocenters. The lowest BCUT2D eigenvalue weighted by atomic mass is 9.96. The third-order valence-electron chi connectivity index (χ3n) is 2.43. The van der Waals surface area contributed by atoms with Crippen LogP contribution in [0.25, 0.3) is 0 Å². The van der Waals surface area contributed by atoms with Crippen LogP contribution in [0.15, 0.2) is 16.8 Å². The monoisotopic (exact) mass is 197 g/mol. The van der Waals surface area contributed by atoms with Crippen LogP contribution in [0.3, 0.4) is 0 Å². The summed E-state index contributed by atoms with van der Waals surface area (Å²) in [6, 6.07) is 2.17. The minimum atomic E-state index is -0.422. The van der Waals surface area contributed by atoms with Crippen LogP contribution in [0.1, 0.15) is 12.5 Å². The lowest BCUT2D eigenvalue weighted by Gasteiger charge is -2.44. The molecule has 1 saturated heterocycles. The van der Waals surface area contributed by atoms with Crippen LogP contribution in [-0.2, 0) is 6.42 Å². The van der Waals surface area contributed by atoms with Crippen LogP contribution in [0.4, 0.5) is 0 Å². The van der Waals surface area contributed by atoms with E-state index in [4.69, 9.17) is 0 Å². The molecule has 3 heteroatoms. The van der Waals surface area contributed by atoms with Crippen LogP contribution in [0.5, 0.6) is 0 Å². The molecule has 1 aromatic heterocycles. The summed E-state index contributed by atoms with van der Waals surface area (Å²) in [5.41, 5.74) is 0.991. The van der Waals surface area contributed by atoms with Gasteiger partial charge in [0.1, 0.15) is 0 Å². The van der Waals surface area contributed by atoms with Gasteiger partial charge in [0.05, 0.1) is 5.60 Å². The molecule has 1 fully saturated rings. The smallest absolute Gasteiger partial charge is 0.0872 e. The largest absolute Gasteiger partial charge is 0.388 e. The summed E-state index contributed by atoms with van der Waals surface area (Å²) in [4.78, 5) is 2.29. The Labute approximate surface area is 82.8 Å². The topological polar surface area (TPSA) is 23.5 Å². The second-order valence-corrected chi connectivity index (χ2v) is 4.87. The standard InChI is InChI=1S/C10H15NOS/c1-10(12)7-11(8-10)4-2-9-3-5-13-6-9/h3,5-6,12H,2,4,7-8H2,1H3. The second kappa shape index (κ2) is 3.40. The van der Waals surface area contributed by atoms with Crippen molar-refractivity contribution in [2.45, 2.75) is 18.9 Å². The first-order chi connectivity index (χ1) is 6.16. The predicted octanol–water partition coefficient (Wildman–Crippen LogP) is 1.36. The van der Waals surface area contributed by atoms with Crippen molar-refractivity contribution in [2.75, 3.05) is 19.6 Å². The molecule has 1 aliphatic rings. The van der Waals surface area contributed by atoms with Gasteiger partial charge >= 0.3 is 0 Å². The Morgan fingerprint density at radius 1 is 1.62 bits per heavy atom. The molecule has 0 bridgehead atoms. The van der Waals surface area contributed by atoms with Crippen LogP contribution >= 0.6 is 11.3 Å². The van der Waals surface area contributed by atoms with Crippen molar-refractivity contribution in [3.8, 4) is 0 Å². The first kappa shape index (κ1) is 9.19. The number of aliphatic hydroxyl groups is 1. The van der Waals surface area contributed by atoms with Gasteiger partial charge in [-0.05, 0) is 35.7 Å². The lowest BCUT2D eigenvalue weighted by molar-refractivity contribution is -0.0824. The number of hydrogen-bond donors (Lipinski definition) is 1. The van der Waals surface area contributed by atoms with Crippen molar-refractivity contribution in [2.24, 2.45) is 0 Å². The fraction of sp³-hybridized carbons (Fsp3) is 0.600. The van der Waals surface area contributed by atoms with Gasteiger partial charge in [0, 0.05) is 19.6 Å². The molecular weight excluding hydrogens is 182 g/mol. The number of likely N-dealkylation sites (tertiary alicyclic amines) is 1. The molecule has 0 amide bonds. The molecule has 0 spiro atoms. The maximum absolute atomic E-state index is 9.50. The highest BCUT2D eigenvalue weighted by molar-refractivity contribution is 7.07. The van der Waals surface area contributed by atoms with Crippen LogP contribution in [-0.4, -0.2) is 35.2 Å². The van der Waals surface area contributed by atoms with E-state index in [1.54, 1.807) is 11.3 Å². The van der Waals surface area contributed by atoms with Gasteiger partial charge in [0.25, 0.3) is 0 Å². The minimum Gasteiger partial charge on any atom is -0.388 e. The fourth-order valence-electron chi connectivity index (χ4n) is 1.80. The zero-order valence-electron chi connectivity index (χ0n) is 7.86. The van der Waals surface area contributed by atoms with Crippen molar-refractivity contribution in [3.05, 3.63) is 22.4 Å². The van der Waals surface area contributed by atoms with E-state index in [0.717, 1.165) is 26.1 Å². The maximum Gasteiger partial charge on any atom is 0.0872 e. The zero-order valence-corrected chi connectivity index (χ0v) is 8.68. The molecule has 0 aromatic carbocycles. The molecule has 1 aliphatic heterocycles. The van der Waals surface area contributed by atoms with Gasteiger partial charge in [0.2, 0.25) is 0 Å². The first-order valence-electron chi connectivity index (χ1n) is 4.62. The van der Waals surface area contributed by atoms with Gasteiger partial charge < -0.3 is 5.11 Å². The van der Waals surface area contributed by atoms with Gasteiger partial charge in [0.15, 0.2) is 0 Å². The number of β-amino-alcohol motifs (C(OH)–C–C–N with tert-alkyl or cyclic N) is 1. The predicted molar refractivity (Wildman–Crippen MR) is 55.1 cm³/mol. The summed E-state index contributed by atoms with van der Waals surface area (Å²) in [5.74, 6) is 0. The van der Waals surface area contributed by atoms with E-state index < -0.39 is 5.60 Å². The van der Waals surface area contributed by atoms with Gasteiger partial charge in [-0.2, -0.15) is 11.3 Å². The fourth-order valence-corrected chi connectivity index (χ4v) is 2.50. The Morgan fingerprint density at radius 2 is 2.38 bits per heavy atom. The van der Waals surface area contributed by atoms with E-state index in [-0.39, 0.29) is 0 Å². The molecule has 0 radical (unpaired) electrons. The number of nitrogens with zero attached hydrogens (tertiary/aromatic N) is 1. The highest BCUT2D eigenvalue weighted by Crippen LogP contribution is 2.20. The van der Waals surface area contributed by atoms with Gasteiger partial charge in [-0.1, -0.05) is 0 Å². The molecule has 2 nitrogen and oxygen atoms in total. The molecule has 1 aromatic rings. The van der Waals surface area contributed by atoms with Crippen LogP contribution in [0, 0.1) is 0 Å². The molecule has 72 valence electrons. The average Bonchev–Trinajstić information content (AvgIpc) is 2.48. The maximum atomic E-state index is 9.50. The molecule has 1 N–H and O–H groups in total. The molecular formula is C10H15NOS. The SMILES string of the molecule is CC1(O)CN(CCc2ccsc2)C1. The second-order valence-electron chi connectivity index (χ2n) is 4.09. The summed E-state index contributed by atoms with van der Waals surface area (Å²) < 4.78 is 0. The van der Waals surface area contributed by atoms with E-state index in [9.17, 15) is 5.11 Å². The highest BCUT2D eigenvalue weighted by atomic mass is 32.1. The minimum absolute atomic E-state index is 0.422. The lowest BCUT2D eigenvalue weighted by Crippen LogP contribution is -2.60. The molecule has 0 saturated carbocycles. The van der Waals surface area contributed by atoms with Crippen LogP contribution < -0.4 is 0 Å². The molecule has 0 atom stereocenters. The third kappa shape index (κ3) is 2.30. The summed E-state index contributed by atoms with van der Waals surface area (Å²) in [7, 11) is 0. The summed E-state index contributed by atoms with van der Waals surface area (Å²) in [6.07, 6.45) is 1.11. The quantitative estimate of drug-likeness (QED) is 0.791. The Kier molecular flexibility index (Phi) is 2.41. The van der Waals surface area contributed by atoms with E-state index >= 15 is 0 Å². The van der Waals surface area contributed by atoms with Gasteiger partial charge in [-0.3, -0.25) is 4.90 Å². The first-order valence-corrected chi connectivity index (χ1v) is 5.56. The third-order valence-corrected chi connectivity index (χ3v) is 3.16. The van der Waals surface area contributed by atoms with E-state index in [0.29, 0.717) is 0 Å². The van der Waals surface area contributed by atoms with Crippen LogP contribution in [0.2, 0.25) is 0 Å². The average molecular weight is 197 g/mol. The van der Waals surface area contributed by atoms with Crippen molar-refractivity contribution >= 4 is 11.3 Å². The summed E-state index contributed by atoms with van der Waals surface area (Å²) in [5, 5.41) is 13.8. The van der Waals surface area contributed by atoms with E-state index in [1.165, 1.54) is 5.56 Å². The highest BCUT2D eigenvalue weighted by Gasteiger charge is 2.35. The normalized spacial score (nSPS) is 21.4. The van der Waals surface area contributed by atoms with E-state index in [2.05, 4.69) is 21.7 Å². The Balaban J connectivity index is 1.71. The Bertz CT molecular complexity index is 260. The van der Waals surface area contributed by atoms with Crippen molar-refractivity contribution in [1.82, 2.24) is 4.90 Å². The Morgan fingerprint density at radius 3 is 2.92 bits per heavy atom.